The number of nitrogens with one attached hydrogen (secondary N) is 1. The van der Waals surface area contributed by atoms with Crippen LogP contribution in [0.4, 0.5) is 5.82 Å². The highest BCUT2D eigenvalue weighted by atomic mass is 16.5. The molecule has 5 heteroatoms. The summed E-state index contributed by atoms with van der Waals surface area (Å²) in [7, 11) is 0. The SMILES string of the molecule is CC(C)c1cc(NCc2ccno2)ncn1. The average molecular weight is 218 g/mol. The number of anilines is 1. The lowest BCUT2D eigenvalue weighted by Gasteiger charge is -2.07. The first-order chi connectivity index (χ1) is 7.75. The summed E-state index contributed by atoms with van der Waals surface area (Å²) in [6, 6.07) is 3.76. The Bertz CT molecular complexity index is 439. The quantitative estimate of drug-likeness (QED) is 0.852. The fourth-order valence-corrected chi connectivity index (χ4v) is 1.30. The zero-order valence-corrected chi connectivity index (χ0v) is 9.34. The van der Waals surface area contributed by atoms with Gasteiger partial charge in [-0.2, -0.15) is 0 Å². The summed E-state index contributed by atoms with van der Waals surface area (Å²) >= 11 is 0. The van der Waals surface area contributed by atoms with Crippen molar-refractivity contribution in [3.05, 3.63) is 36.1 Å². The van der Waals surface area contributed by atoms with E-state index >= 15 is 0 Å². The number of hydrogen-bond acceptors (Lipinski definition) is 5. The van der Waals surface area contributed by atoms with E-state index in [1.807, 2.05) is 12.1 Å². The average Bonchev–Trinajstić information content (AvgIpc) is 2.79. The van der Waals surface area contributed by atoms with Crippen molar-refractivity contribution in [1.29, 1.82) is 0 Å². The molecule has 2 aromatic rings. The zero-order valence-electron chi connectivity index (χ0n) is 9.34. The van der Waals surface area contributed by atoms with Crippen molar-refractivity contribution in [2.24, 2.45) is 0 Å². The molecule has 0 spiro atoms. The summed E-state index contributed by atoms with van der Waals surface area (Å²) in [5, 5.41) is 6.79. The molecule has 1 N–H and O–H groups in total. The third-order valence-electron chi connectivity index (χ3n) is 2.21. The highest BCUT2D eigenvalue weighted by Crippen LogP contribution is 2.14. The predicted octanol–water partition coefficient (Wildman–Crippen LogP) is 2.20. The third kappa shape index (κ3) is 2.56. The minimum absolute atomic E-state index is 0.397. The maximum absolute atomic E-state index is 4.98. The molecule has 0 atom stereocenters. The van der Waals surface area contributed by atoms with Crippen LogP contribution in [-0.2, 0) is 6.54 Å². The minimum atomic E-state index is 0.397. The van der Waals surface area contributed by atoms with Gasteiger partial charge in [0.25, 0.3) is 0 Å². The standard InChI is InChI=1S/C11H14N4O/c1-8(2)10-5-11(14-7-13-10)12-6-9-3-4-15-16-9/h3-5,7-8H,6H2,1-2H3,(H,12,13,14). The lowest BCUT2D eigenvalue weighted by molar-refractivity contribution is 0.388. The molecular formula is C11H14N4O. The molecule has 0 aliphatic rings. The van der Waals surface area contributed by atoms with E-state index < -0.39 is 0 Å². The molecule has 2 aromatic heterocycles. The lowest BCUT2D eigenvalue weighted by Crippen LogP contribution is -2.02. The van der Waals surface area contributed by atoms with E-state index in [1.54, 1.807) is 12.5 Å². The first-order valence-electron chi connectivity index (χ1n) is 5.21. The van der Waals surface area contributed by atoms with Gasteiger partial charge in [0, 0.05) is 17.8 Å². The molecule has 16 heavy (non-hydrogen) atoms. The Morgan fingerprint density at radius 2 is 2.25 bits per heavy atom. The third-order valence-corrected chi connectivity index (χ3v) is 2.21. The molecule has 2 rings (SSSR count). The summed E-state index contributed by atoms with van der Waals surface area (Å²) in [4.78, 5) is 8.33. The molecule has 0 radical (unpaired) electrons. The molecule has 2 heterocycles. The van der Waals surface area contributed by atoms with E-state index in [4.69, 9.17) is 4.52 Å². The van der Waals surface area contributed by atoms with Crippen LogP contribution < -0.4 is 5.32 Å². The van der Waals surface area contributed by atoms with Crippen molar-refractivity contribution in [2.75, 3.05) is 5.32 Å². The van der Waals surface area contributed by atoms with E-state index in [0.717, 1.165) is 17.3 Å². The van der Waals surface area contributed by atoms with Gasteiger partial charge in [-0.3, -0.25) is 0 Å². The summed E-state index contributed by atoms with van der Waals surface area (Å²) in [6.45, 7) is 4.78. The van der Waals surface area contributed by atoms with E-state index in [-0.39, 0.29) is 0 Å². The molecule has 0 aliphatic heterocycles. The molecule has 5 nitrogen and oxygen atoms in total. The van der Waals surface area contributed by atoms with Crippen LogP contribution in [0.25, 0.3) is 0 Å². The van der Waals surface area contributed by atoms with Crippen LogP contribution in [0.3, 0.4) is 0 Å². The van der Waals surface area contributed by atoms with Crippen LogP contribution >= 0.6 is 0 Å². The van der Waals surface area contributed by atoms with Gasteiger partial charge in [0.05, 0.1) is 12.7 Å². The highest BCUT2D eigenvalue weighted by Gasteiger charge is 2.03. The van der Waals surface area contributed by atoms with Gasteiger partial charge in [-0.05, 0) is 5.92 Å². The fraction of sp³-hybridized carbons (Fsp3) is 0.364. The van der Waals surface area contributed by atoms with Gasteiger partial charge in [0.2, 0.25) is 0 Å². The molecule has 0 aliphatic carbocycles. The van der Waals surface area contributed by atoms with E-state index in [0.29, 0.717) is 12.5 Å². The normalized spacial score (nSPS) is 10.7. The molecule has 0 amide bonds. The van der Waals surface area contributed by atoms with Gasteiger partial charge in [0.15, 0.2) is 5.76 Å². The second-order valence-corrected chi connectivity index (χ2v) is 3.82. The molecule has 0 aromatic carbocycles. The zero-order chi connectivity index (χ0) is 11.4. The number of nitrogens with zero attached hydrogens (tertiary/aromatic N) is 3. The van der Waals surface area contributed by atoms with Crippen LogP contribution in [0.5, 0.6) is 0 Å². The Balaban J connectivity index is 2.01. The topological polar surface area (TPSA) is 63.8 Å². The van der Waals surface area contributed by atoms with Gasteiger partial charge in [-0.15, -0.1) is 0 Å². The first kappa shape index (κ1) is 10.6. The van der Waals surface area contributed by atoms with Crippen molar-refractivity contribution in [2.45, 2.75) is 26.3 Å². The molecule has 0 saturated heterocycles. The number of rotatable bonds is 4. The van der Waals surface area contributed by atoms with E-state index in [1.165, 1.54) is 0 Å². The van der Waals surface area contributed by atoms with E-state index in [2.05, 4.69) is 34.3 Å². The highest BCUT2D eigenvalue weighted by molar-refractivity contribution is 5.35. The van der Waals surface area contributed by atoms with E-state index in [9.17, 15) is 0 Å². The van der Waals surface area contributed by atoms with Crippen molar-refractivity contribution in [1.82, 2.24) is 15.1 Å². The molecule has 0 fully saturated rings. The minimum Gasteiger partial charge on any atom is -0.363 e. The maximum atomic E-state index is 4.98. The van der Waals surface area contributed by atoms with Gasteiger partial charge in [-0.1, -0.05) is 19.0 Å². The monoisotopic (exact) mass is 218 g/mol. The van der Waals surface area contributed by atoms with Crippen LogP contribution in [-0.4, -0.2) is 15.1 Å². The lowest BCUT2D eigenvalue weighted by atomic mass is 10.1. The largest absolute Gasteiger partial charge is 0.363 e. The summed E-state index contributed by atoms with van der Waals surface area (Å²) in [5.74, 6) is 1.98. The molecule has 0 saturated carbocycles. The second-order valence-electron chi connectivity index (χ2n) is 3.82. The van der Waals surface area contributed by atoms with Crippen LogP contribution in [0.15, 0.2) is 29.2 Å². The fourth-order valence-electron chi connectivity index (χ4n) is 1.30. The van der Waals surface area contributed by atoms with Crippen LogP contribution in [0.2, 0.25) is 0 Å². The predicted molar refractivity (Wildman–Crippen MR) is 60.0 cm³/mol. The van der Waals surface area contributed by atoms with Crippen molar-refractivity contribution >= 4 is 5.82 Å². The first-order valence-corrected chi connectivity index (χ1v) is 5.21. The molecule has 84 valence electrons. The Morgan fingerprint density at radius 3 is 2.94 bits per heavy atom. The summed E-state index contributed by atoms with van der Waals surface area (Å²) in [6.07, 6.45) is 3.19. The molecule has 0 bridgehead atoms. The Morgan fingerprint density at radius 1 is 1.38 bits per heavy atom. The molecule has 0 unspecified atom stereocenters. The van der Waals surface area contributed by atoms with Gasteiger partial charge >= 0.3 is 0 Å². The second kappa shape index (κ2) is 4.74. The Hall–Kier alpha value is -1.91. The van der Waals surface area contributed by atoms with Crippen LogP contribution in [0, 0.1) is 0 Å². The van der Waals surface area contributed by atoms with Crippen LogP contribution in [0.1, 0.15) is 31.2 Å². The van der Waals surface area contributed by atoms with Gasteiger partial charge in [-0.25, -0.2) is 9.97 Å². The number of aromatic nitrogens is 3. The van der Waals surface area contributed by atoms with Crippen molar-refractivity contribution < 1.29 is 4.52 Å². The summed E-state index contributed by atoms with van der Waals surface area (Å²) in [5.41, 5.74) is 1.02. The Labute approximate surface area is 93.9 Å². The van der Waals surface area contributed by atoms with Crippen molar-refractivity contribution in [3.63, 3.8) is 0 Å². The summed E-state index contributed by atoms with van der Waals surface area (Å²) < 4.78 is 4.98. The van der Waals surface area contributed by atoms with Gasteiger partial charge < -0.3 is 9.84 Å². The Kier molecular flexibility index (Phi) is 3.14. The number of hydrogen-bond donors (Lipinski definition) is 1. The smallest absolute Gasteiger partial charge is 0.155 e. The van der Waals surface area contributed by atoms with Gasteiger partial charge in [0.1, 0.15) is 12.1 Å². The maximum Gasteiger partial charge on any atom is 0.155 e. The van der Waals surface area contributed by atoms with Crippen molar-refractivity contribution in [3.8, 4) is 0 Å². The molecular weight excluding hydrogens is 204 g/mol.